The Morgan fingerprint density at radius 3 is 2.66 bits per heavy atom. The molecule has 0 bridgehead atoms. The molecule has 0 aliphatic heterocycles. The minimum absolute atomic E-state index is 0.0216. The lowest BCUT2D eigenvalue weighted by Crippen LogP contribution is -2.33. The van der Waals surface area contributed by atoms with Gasteiger partial charge in [-0.25, -0.2) is 4.39 Å². The summed E-state index contributed by atoms with van der Waals surface area (Å²) in [6, 6.07) is 9.55. The average molecular weight is 520 g/mol. The molecule has 3 rings (SSSR count). The number of ether oxygens (including phenoxy) is 1. The second-order valence-electron chi connectivity index (χ2n) is 7.14. The average Bonchev–Trinajstić information content (AvgIpc) is 3.26. The first kappa shape index (κ1) is 26.2. The molecular formula is C23H23ClFN5O4S. The number of amides is 2. The predicted molar refractivity (Wildman–Crippen MR) is 131 cm³/mol. The summed E-state index contributed by atoms with van der Waals surface area (Å²) < 4.78 is 20.0. The van der Waals surface area contributed by atoms with E-state index in [0.717, 1.165) is 17.8 Å². The molecule has 9 nitrogen and oxygen atoms in total. The molecule has 0 spiro atoms. The Bertz CT molecular complexity index is 1210. The molecule has 12 heteroatoms. The van der Waals surface area contributed by atoms with Crippen molar-refractivity contribution in [1.82, 2.24) is 20.1 Å². The van der Waals surface area contributed by atoms with Crippen LogP contribution in [0.4, 0.5) is 10.1 Å². The van der Waals surface area contributed by atoms with Crippen molar-refractivity contribution in [2.24, 2.45) is 0 Å². The second-order valence-corrected chi connectivity index (χ2v) is 8.49. The van der Waals surface area contributed by atoms with Gasteiger partial charge in [-0.2, -0.15) is 0 Å². The number of thioether (sulfide) groups is 1. The summed E-state index contributed by atoms with van der Waals surface area (Å²) in [5.41, 5.74) is 0.739. The lowest BCUT2D eigenvalue weighted by molar-refractivity contribution is -0.113. The molecule has 0 aliphatic rings. The number of halogens is 2. The van der Waals surface area contributed by atoms with Gasteiger partial charge in [0.2, 0.25) is 5.91 Å². The fourth-order valence-corrected chi connectivity index (χ4v) is 3.98. The van der Waals surface area contributed by atoms with Crippen molar-refractivity contribution in [3.05, 3.63) is 77.3 Å². The van der Waals surface area contributed by atoms with Gasteiger partial charge in [-0.3, -0.25) is 9.59 Å². The Hall–Kier alpha value is -3.41. The summed E-state index contributed by atoms with van der Waals surface area (Å²) in [5, 5.41) is 23.8. The Balaban J connectivity index is 1.69. The topological polar surface area (TPSA) is 118 Å². The van der Waals surface area contributed by atoms with Gasteiger partial charge in [-0.1, -0.05) is 29.4 Å². The fraction of sp³-hybridized carbons (Fsp3) is 0.217. The maximum Gasteiger partial charge on any atom is 0.251 e. The van der Waals surface area contributed by atoms with Crippen molar-refractivity contribution in [3.8, 4) is 5.75 Å². The third-order valence-electron chi connectivity index (χ3n) is 4.74. The van der Waals surface area contributed by atoms with Crippen LogP contribution in [0.3, 0.4) is 0 Å². The zero-order valence-corrected chi connectivity index (χ0v) is 20.3. The van der Waals surface area contributed by atoms with Crippen LogP contribution in [0.25, 0.3) is 0 Å². The molecule has 3 N–H and O–H groups in total. The van der Waals surface area contributed by atoms with Crippen LogP contribution in [0.15, 0.2) is 60.3 Å². The van der Waals surface area contributed by atoms with Crippen molar-refractivity contribution >= 4 is 40.9 Å². The first-order chi connectivity index (χ1) is 16.9. The van der Waals surface area contributed by atoms with E-state index in [-0.39, 0.29) is 23.2 Å². The Morgan fingerprint density at radius 1 is 1.29 bits per heavy atom. The molecule has 0 saturated carbocycles. The zero-order chi connectivity index (χ0) is 25.4. The molecular weight excluding hydrogens is 497 g/mol. The Kier molecular flexibility index (Phi) is 9.24. The van der Waals surface area contributed by atoms with E-state index in [0.29, 0.717) is 28.0 Å². The van der Waals surface area contributed by atoms with E-state index >= 15 is 0 Å². The monoisotopic (exact) mass is 519 g/mol. The van der Waals surface area contributed by atoms with Crippen LogP contribution in [0.2, 0.25) is 5.02 Å². The van der Waals surface area contributed by atoms with Crippen LogP contribution < -0.4 is 15.4 Å². The third kappa shape index (κ3) is 6.81. The smallest absolute Gasteiger partial charge is 0.251 e. The summed E-state index contributed by atoms with van der Waals surface area (Å²) in [7, 11) is 1.53. The number of benzene rings is 2. The lowest BCUT2D eigenvalue weighted by Gasteiger charge is -2.17. The van der Waals surface area contributed by atoms with Crippen molar-refractivity contribution in [2.75, 3.05) is 24.8 Å². The summed E-state index contributed by atoms with van der Waals surface area (Å²) in [6.45, 7) is 3.59. The number of allylic oxidation sites excluding steroid dienone is 1. The molecule has 0 fully saturated rings. The molecule has 35 heavy (non-hydrogen) atoms. The molecule has 1 heterocycles. The van der Waals surface area contributed by atoms with Gasteiger partial charge in [-0.05, 0) is 42.5 Å². The molecule has 3 aromatic rings. The van der Waals surface area contributed by atoms with Crippen molar-refractivity contribution in [1.29, 1.82) is 0 Å². The van der Waals surface area contributed by atoms with Gasteiger partial charge < -0.3 is 25.0 Å². The summed E-state index contributed by atoms with van der Waals surface area (Å²) in [6.07, 6.45) is 1.61. The van der Waals surface area contributed by atoms with E-state index in [4.69, 9.17) is 16.3 Å². The minimum Gasteiger partial charge on any atom is -0.497 e. The molecule has 1 aromatic heterocycles. The van der Waals surface area contributed by atoms with Crippen LogP contribution in [-0.4, -0.2) is 51.2 Å². The largest absolute Gasteiger partial charge is 0.497 e. The SMILES string of the molecule is C=CCn1c(SCC(=O)Nc2ccc(F)c(Cl)c2)nnc1[C@@H](CO)NC(=O)c1ccc(OC)cc1. The molecule has 0 unspecified atom stereocenters. The second kappa shape index (κ2) is 12.3. The molecule has 2 amide bonds. The van der Waals surface area contributed by atoms with E-state index in [1.165, 1.54) is 19.2 Å². The van der Waals surface area contributed by atoms with Crippen LogP contribution in [0.5, 0.6) is 5.75 Å². The maximum atomic E-state index is 13.3. The first-order valence-corrected chi connectivity index (χ1v) is 11.7. The normalized spacial score (nSPS) is 11.5. The fourth-order valence-electron chi connectivity index (χ4n) is 3.04. The van der Waals surface area contributed by atoms with Gasteiger partial charge >= 0.3 is 0 Å². The van der Waals surface area contributed by atoms with Crippen molar-refractivity contribution in [2.45, 2.75) is 17.7 Å². The molecule has 0 saturated heterocycles. The number of anilines is 1. The molecule has 0 radical (unpaired) electrons. The number of carbonyl (C=O) groups is 2. The van der Waals surface area contributed by atoms with E-state index in [1.807, 2.05) is 0 Å². The number of rotatable bonds is 11. The highest BCUT2D eigenvalue weighted by molar-refractivity contribution is 7.99. The van der Waals surface area contributed by atoms with Crippen LogP contribution in [0, 0.1) is 5.82 Å². The number of aliphatic hydroxyl groups is 1. The van der Waals surface area contributed by atoms with E-state index in [2.05, 4.69) is 27.4 Å². The third-order valence-corrected chi connectivity index (χ3v) is 6.00. The van der Waals surface area contributed by atoms with E-state index in [1.54, 1.807) is 34.9 Å². The molecule has 0 aliphatic carbocycles. The van der Waals surface area contributed by atoms with Gasteiger partial charge in [0.05, 0.1) is 24.5 Å². The highest BCUT2D eigenvalue weighted by Gasteiger charge is 2.23. The molecule has 184 valence electrons. The summed E-state index contributed by atoms with van der Waals surface area (Å²) in [4.78, 5) is 25.0. The highest BCUT2D eigenvalue weighted by Crippen LogP contribution is 2.23. The number of hydrogen-bond acceptors (Lipinski definition) is 7. The van der Waals surface area contributed by atoms with Gasteiger partial charge in [0, 0.05) is 17.8 Å². The van der Waals surface area contributed by atoms with Gasteiger partial charge in [0.15, 0.2) is 11.0 Å². The van der Waals surface area contributed by atoms with Crippen LogP contribution in [-0.2, 0) is 11.3 Å². The number of aromatic nitrogens is 3. The Labute approximate surface area is 210 Å². The lowest BCUT2D eigenvalue weighted by atomic mass is 10.2. The van der Waals surface area contributed by atoms with Gasteiger partial charge in [0.25, 0.3) is 5.91 Å². The van der Waals surface area contributed by atoms with Crippen molar-refractivity contribution in [3.63, 3.8) is 0 Å². The van der Waals surface area contributed by atoms with Crippen LogP contribution in [0.1, 0.15) is 22.2 Å². The van der Waals surface area contributed by atoms with Crippen molar-refractivity contribution < 1.29 is 23.8 Å². The first-order valence-electron chi connectivity index (χ1n) is 10.3. The number of carbonyl (C=O) groups excluding carboxylic acids is 2. The summed E-state index contributed by atoms with van der Waals surface area (Å²) >= 11 is 6.85. The van der Waals surface area contributed by atoms with Gasteiger partial charge in [-0.15, -0.1) is 16.8 Å². The Morgan fingerprint density at radius 2 is 2.03 bits per heavy atom. The standard InChI is InChI=1S/C23H23ClFN5O4S/c1-3-10-30-21(19(12-31)27-22(33)14-4-7-16(34-2)8-5-14)28-29-23(30)35-13-20(32)26-15-6-9-18(25)17(24)11-15/h3-9,11,19,31H,1,10,12-13H2,2H3,(H,26,32)(H,27,33)/t19-/m1/s1. The number of nitrogens with one attached hydrogen (secondary N) is 2. The van der Waals surface area contributed by atoms with Crippen LogP contribution >= 0.6 is 23.4 Å². The minimum atomic E-state index is -0.846. The zero-order valence-electron chi connectivity index (χ0n) is 18.7. The van der Waals surface area contributed by atoms with E-state index in [9.17, 15) is 19.1 Å². The molecule has 2 aromatic carbocycles. The molecule has 1 atom stereocenters. The number of nitrogens with zero attached hydrogens (tertiary/aromatic N) is 3. The number of methoxy groups -OCH3 is 1. The number of aliphatic hydroxyl groups excluding tert-OH is 1. The van der Waals surface area contributed by atoms with Gasteiger partial charge in [0.1, 0.15) is 17.6 Å². The maximum absolute atomic E-state index is 13.3. The summed E-state index contributed by atoms with van der Waals surface area (Å²) in [5.74, 6) is -0.458. The predicted octanol–water partition coefficient (Wildman–Crippen LogP) is 3.46. The quantitative estimate of drug-likeness (QED) is 0.262. The highest BCUT2D eigenvalue weighted by atomic mass is 35.5. The van der Waals surface area contributed by atoms with E-state index < -0.39 is 24.4 Å². The number of hydrogen-bond donors (Lipinski definition) is 3.